The highest BCUT2D eigenvalue weighted by atomic mass is 32.2. The number of fused-ring (bicyclic) bond motifs is 1. The van der Waals surface area contributed by atoms with E-state index in [1.165, 1.54) is 0 Å². The van der Waals surface area contributed by atoms with E-state index in [0.717, 1.165) is 22.4 Å². The second kappa shape index (κ2) is 5.51. The Hall–Kier alpha value is -1.24. The lowest BCUT2D eigenvalue weighted by atomic mass is 9.93. The minimum Gasteiger partial charge on any atom is -0.491 e. The van der Waals surface area contributed by atoms with Crippen molar-refractivity contribution in [3.05, 3.63) is 28.8 Å². The fourth-order valence-electron chi connectivity index (χ4n) is 2.98. The first-order valence-corrected chi connectivity index (χ1v) is 8.13. The van der Waals surface area contributed by atoms with Gasteiger partial charge in [-0.1, -0.05) is 12.1 Å². The zero-order valence-electron chi connectivity index (χ0n) is 12.1. The Morgan fingerprint density at radius 1 is 1.43 bits per heavy atom. The number of aliphatic hydroxyl groups is 1. The highest BCUT2D eigenvalue weighted by molar-refractivity contribution is 7.99. The number of hydrogen-bond donors (Lipinski definition) is 2. The van der Waals surface area contributed by atoms with Crippen LogP contribution in [0.15, 0.2) is 12.1 Å². The molecule has 2 N–H and O–H groups in total. The number of ether oxygens (including phenoxy) is 1. The molecule has 6 heteroatoms. The highest BCUT2D eigenvalue weighted by Crippen LogP contribution is 2.39. The summed E-state index contributed by atoms with van der Waals surface area (Å²) in [5.41, 5.74) is 2.92. The molecular formula is C15H19NO4S. The number of aliphatic hydroxyl groups excluding tert-OH is 1. The van der Waals surface area contributed by atoms with E-state index >= 15 is 0 Å². The Morgan fingerprint density at radius 2 is 2.19 bits per heavy atom. The van der Waals surface area contributed by atoms with Crippen molar-refractivity contribution in [3.8, 4) is 5.75 Å². The average Bonchev–Trinajstić information content (AvgIpc) is 2.93. The maximum absolute atomic E-state index is 11.3. The van der Waals surface area contributed by atoms with Gasteiger partial charge in [-0.3, -0.25) is 9.69 Å². The van der Waals surface area contributed by atoms with Gasteiger partial charge in [0.1, 0.15) is 24.5 Å². The van der Waals surface area contributed by atoms with E-state index in [0.29, 0.717) is 18.2 Å². The zero-order valence-corrected chi connectivity index (χ0v) is 12.9. The van der Waals surface area contributed by atoms with Crippen molar-refractivity contribution >= 4 is 17.7 Å². The molecule has 21 heavy (non-hydrogen) atoms. The van der Waals surface area contributed by atoms with Gasteiger partial charge in [-0.15, -0.1) is 11.8 Å². The van der Waals surface area contributed by atoms with Crippen LogP contribution in [0, 0.1) is 13.8 Å². The molecule has 0 radical (unpaired) electrons. The minimum atomic E-state index is -0.835. The molecule has 1 fully saturated rings. The Morgan fingerprint density at radius 3 is 2.90 bits per heavy atom. The van der Waals surface area contributed by atoms with Gasteiger partial charge in [-0.25, -0.2) is 0 Å². The fourth-order valence-corrected chi connectivity index (χ4v) is 4.22. The van der Waals surface area contributed by atoms with Crippen LogP contribution < -0.4 is 4.74 Å². The first kappa shape index (κ1) is 14.7. The van der Waals surface area contributed by atoms with Gasteiger partial charge < -0.3 is 14.9 Å². The van der Waals surface area contributed by atoms with Gasteiger partial charge in [0.2, 0.25) is 0 Å². The molecule has 114 valence electrons. The lowest BCUT2D eigenvalue weighted by Crippen LogP contribution is -2.51. The number of rotatable bonds is 2. The summed E-state index contributed by atoms with van der Waals surface area (Å²) >= 11 is 1.58. The van der Waals surface area contributed by atoms with Crippen molar-refractivity contribution in [1.82, 2.24) is 4.90 Å². The number of aryl methyl sites for hydroxylation is 1. The molecule has 3 rings (SSSR count). The predicted octanol–water partition coefficient (Wildman–Crippen LogP) is 1.56. The molecule has 1 aromatic rings. The third kappa shape index (κ3) is 2.41. The molecule has 0 bridgehead atoms. The highest BCUT2D eigenvalue weighted by Gasteiger charge is 2.42. The normalized spacial score (nSPS) is 29.0. The third-order valence-electron chi connectivity index (χ3n) is 4.42. The molecule has 0 spiro atoms. The van der Waals surface area contributed by atoms with E-state index in [2.05, 4.69) is 0 Å². The van der Waals surface area contributed by atoms with Crippen LogP contribution in [0.3, 0.4) is 0 Å². The molecule has 0 aliphatic carbocycles. The van der Waals surface area contributed by atoms with Crippen LogP contribution in [0.2, 0.25) is 0 Å². The molecule has 1 aromatic carbocycles. The summed E-state index contributed by atoms with van der Waals surface area (Å²) < 4.78 is 5.85. The number of thioether (sulfide) groups is 1. The number of carbonyl (C=O) groups is 1. The second-order valence-electron chi connectivity index (χ2n) is 5.62. The van der Waals surface area contributed by atoms with Gasteiger partial charge >= 0.3 is 5.97 Å². The number of carboxylic acids is 1. The standard InChI is InChI=1S/C15H19NO4S/c1-8-3-4-10-13(17)11(5-20-14(10)9(8)2)16-7-21-6-12(16)15(18)19/h3-4,11-13,17H,5-7H2,1-2H3,(H,18,19). The molecule has 2 aliphatic heterocycles. The predicted molar refractivity (Wildman–Crippen MR) is 80.7 cm³/mol. The maximum Gasteiger partial charge on any atom is 0.321 e. The molecule has 2 aliphatic rings. The van der Waals surface area contributed by atoms with Crippen molar-refractivity contribution < 1.29 is 19.7 Å². The number of hydrogen-bond acceptors (Lipinski definition) is 5. The fraction of sp³-hybridized carbons (Fsp3) is 0.533. The Kier molecular flexibility index (Phi) is 3.86. The van der Waals surface area contributed by atoms with E-state index < -0.39 is 18.1 Å². The van der Waals surface area contributed by atoms with E-state index in [9.17, 15) is 15.0 Å². The molecule has 0 amide bonds. The third-order valence-corrected chi connectivity index (χ3v) is 5.45. The Balaban J connectivity index is 1.90. The van der Waals surface area contributed by atoms with Crippen molar-refractivity contribution in [2.75, 3.05) is 18.2 Å². The van der Waals surface area contributed by atoms with Gasteiger partial charge in [0.25, 0.3) is 0 Å². The topological polar surface area (TPSA) is 70.0 Å². The van der Waals surface area contributed by atoms with Crippen molar-refractivity contribution in [3.63, 3.8) is 0 Å². The molecule has 5 nitrogen and oxygen atoms in total. The van der Waals surface area contributed by atoms with Crippen LogP contribution in [-0.4, -0.2) is 51.4 Å². The van der Waals surface area contributed by atoms with Gasteiger partial charge in [0.05, 0.1) is 6.04 Å². The summed E-state index contributed by atoms with van der Waals surface area (Å²) in [6.07, 6.45) is -0.714. The summed E-state index contributed by atoms with van der Waals surface area (Å²) in [5, 5.41) is 20.0. The Bertz CT molecular complexity index is 577. The lowest BCUT2D eigenvalue weighted by molar-refractivity contribution is -0.144. The van der Waals surface area contributed by atoms with E-state index in [1.807, 2.05) is 30.9 Å². The van der Waals surface area contributed by atoms with Gasteiger partial charge in [0, 0.05) is 17.2 Å². The minimum absolute atomic E-state index is 0.310. The number of nitrogens with zero attached hydrogens (tertiary/aromatic N) is 1. The molecular weight excluding hydrogens is 290 g/mol. The second-order valence-corrected chi connectivity index (χ2v) is 6.62. The summed E-state index contributed by atoms with van der Waals surface area (Å²) in [6, 6.07) is 2.99. The van der Waals surface area contributed by atoms with Crippen molar-refractivity contribution in [2.24, 2.45) is 0 Å². The number of carboxylic acid groups (broad SMARTS) is 1. The number of benzene rings is 1. The van der Waals surface area contributed by atoms with Gasteiger partial charge in [-0.05, 0) is 25.0 Å². The Labute approximate surface area is 127 Å². The van der Waals surface area contributed by atoms with Gasteiger partial charge in [0.15, 0.2) is 0 Å². The monoisotopic (exact) mass is 309 g/mol. The van der Waals surface area contributed by atoms with Crippen LogP contribution in [0.25, 0.3) is 0 Å². The summed E-state index contributed by atoms with van der Waals surface area (Å²) in [5.74, 6) is 1.08. The van der Waals surface area contributed by atoms with Crippen LogP contribution in [-0.2, 0) is 4.79 Å². The number of aliphatic carboxylic acids is 1. The average molecular weight is 309 g/mol. The maximum atomic E-state index is 11.3. The molecule has 1 saturated heterocycles. The van der Waals surface area contributed by atoms with Crippen LogP contribution in [0.1, 0.15) is 22.8 Å². The SMILES string of the molecule is Cc1ccc2c(c1C)OCC(N1CSCC1C(=O)O)C2O. The molecule has 0 saturated carbocycles. The van der Waals surface area contributed by atoms with Crippen LogP contribution >= 0.6 is 11.8 Å². The van der Waals surface area contributed by atoms with E-state index in [4.69, 9.17) is 4.74 Å². The smallest absolute Gasteiger partial charge is 0.321 e. The quantitative estimate of drug-likeness (QED) is 0.864. The van der Waals surface area contributed by atoms with E-state index in [-0.39, 0.29) is 6.04 Å². The van der Waals surface area contributed by atoms with Crippen LogP contribution in [0.5, 0.6) is 5.75 Å². The first-order valence-electron chi connectivity index (χ1n) is 6.98. The van der Waals surface area contributed by atoms with Crippen LogP contribution in [0.4, 0.5) is 0 Å². The molecule has 3 unspecified atom stereocenters. The molecule has 3 atom stereocenters. The lowest BCUT2D eigenvalue weighted by Gasteiger charge is -2.38. The summed E-state index contributed by atoms with van der Waals surface area (Å²) in [7, 11) is 0. The first-order chi connectivity index (χ1) is 10.0. The van der Waals surface area contributed by atoms with Gasteiger partial charge in [-0.2, -0.15) is 0 Å². The largest absolute Gasteiger partial charge is 0.491 e. The molecule has 2 heterocycles. The van der Waals surface area contributed by atoms with Crippen molar-refractivity contribution in [1.29, 1.82) is 0 Å². The van der Waals surface area contributed by atoms with E-state index in [1.54, 1.807) is 11.8 Å². The summed E-state index contributed by atoms with van der Waals surface area (Å²) in [4.78, 5) is 13.2. The zero-order chi connectivity index (χ0) is 15.1. The summed E-state index contributed by atoms with van der Waals surface area (Å²) in [6.45, 7) is 4.31. The molecule has 0 aromatic heterocycles. The van der Waals surface area contributed by atoms with Crippen molar-refractivity contribution in [2.45, 2.75) is 32.0 Å².